The smallest absolute Gasteiger partial charge is 0.199 e. The maximum atomic E-state index is 13.0. The molecule has 1 aliphatic rings. The second-order valence-corrected chi connectivity index (χ2v) is 6.70. The minimum atomic E-state index is -0.00189. The van der Waals surface area contributed by atoms with Gasteiger partial charge in [0.25, 0.3) is 0 Å². The van der Waals surface area contributed by atoms with Crippen molar-refractivity contribution in [2.75, 3.05) is 6.54 Å². The molecule has 4 heteroatoms. The van der Waals surface area contributed by atoms with Gasteiger partial charge in [0, 0.05) is 24.5 Å². The van der Waals surface area contributed by atoms with Gasteiger partial charge in [0.15, 0.2) is 5.43 Å². The molecule has 0 N–H and O–H groups in total. The number of hydrogen-bond acceptors (Lipinski definition) is 4. The van der Waals surface area contributed by atoms with Crippen molar-refractivity contribution >= 4 is 22.8 Å². The van der Waals surface area contributed by atoms with Crippen LogP contribution >= 0.6 is 0 Å². The quantitative estimate of drug-likeness (QED) is 0.689. The van der Waals surface area contributed by atoms with E-state index in [-0.39, 0.29) is 5.43 Å². The van der Waals surface area contributed by atoms with E-state index in [0.29, 0.717) is 16.5 Å². The maximum Gasteiger partial charge on any atom is 0.199 e. The molecule has 0 saturated heterocycles. The lowest BCUT2D eigenvalue weighted by molar-refractivity contribution is 0.600. The summed E-state index contributed by atoms with van der Waals surface area (Å²) in [6, 6.07) is 7.74. The van der Waals surface area contributed by atoms with E-state index in [1.54, 1.807) is 12.5 Å². The summed E-state index contributed by atoms with van der Waals surface area (Å²) in [6.45, 7) is 4.82. The molecule has 3 aromatic rings. The normalized spacial score (nSPS) is 16.1. The Bertz CT molecular complexity index is 1090. The van der Waals surface area contributed by atoms with E-state index in [9.17, 15) is 4.79 Å². The average molecular weight is 344 g/mol. The largest absolute Gasteiger partial charge is 0.463 e. The van der Waals surface area contributed by atoms with Gasteiger partial charge in [0.1, 0.15) is 11.8 Å². The fraction of sp³-hybridized carbons (Fsp3) is 0.227. The molecule has 0 atom stereocenters. The number of benzene rings is 1. The van der Waals surface area contributed by atoms with Crippen LogP contribution in [-0.2, 0) is 0 Å². The third-order valence-electron chi connectivity index (χ3n) is 4.86. The zero-order valence-electron chi connectivity index (χ0n) is 15.0. The van der Waals surface area contributed by atoms with Gasteiger partial charge in [-0.3, -0.25) is 14.8 Å². The van der Waals surface area contributed by atoms with Gasteiger partial charge >= 0.3 is 0 Å². The predicted molar refractivity (Wildman–Crippen MR) is 105 cm³/mol. The van der Waals surface area contributed by atoms with Crippen molar-refractivity contribution in [3.63, 3.8) is 0 Å². The summed E-state index contributed by atoms with van der Waals surface area (Å²) >= 11 is 0. The van der Waals surface area contributed by atoms with Crippen molar-refractivity contribution in [2.24, 2.45) is 4.99 Å². The van der Waals surface area contributed by atoms with Gasteiger partial charge in [-0.2, -0.15) is 0 Å². The monoisotopic (exact) mass is 344 g/mol. The molecule has 2 aromatic heterocycles. The molecule has 0 radical (unpaired) electrons. The Balaban J connectivity index is 1.83. The Morgan fingerprint density at radius 3 is 2.85 bits per heavy atom. The van der Waals surface area contributed by atoms with Crippen molar-refractivity contribution in [1.29, 1.82) is 0 Å². The zero-order chi connectivity index (χ0) is 18.1. The van der Waals surface area contributed by atoms with E-state index >= 15 is 0 Å². The first-order valence-corrected chi connectivity index (χ1v) is 8.82. The standard InChI is InChI=1S/C22H20N2O2/c1-14-9-19-20(10-15(14)2)26-13-18(22(19)25)11-16-5-4-8-24-21(16)17-6-3-7-23-12-17/h3,6-7,9-13H,4-5,8H2,1-2H3/b16-11+. The van der Waals surface area contributed by atoms with Crippen molar-refractivity contribution in [3.8, 4) is 0 Å². The van der Waals surface area contributed by atoms with Crippen LogP contribution < -0.4 is 5.43 Å². The van der Waals surface area contributed by atoms with Crippen LogP contribution in [0, 0.1) is 13.8 Å². The fourth-order valence-corrected chi connectivity index (χ4v) is 3.29. The number of pyridine rings is 1. The second kappa shape index (κ2) is 6.71. The molecular formula is C22H20N2O2. The molecule has 0 aliphatic carbocycles. The summed E-state index contributed by atoms with van der Waals surface area (Å²) in [5.74, 6) is 0. The van der Waals surface area contributed by atoms with Crippen LogP contribution in [0.1, 0.15) is 35.1 Å². The van der Waals surface area contributed by atoms with Gasteiger partial charge in [-0.1, -0.05) is 0 Å². The molecule has 1 aromatic carbocycles. The molecule has 26 heavy (non-hydrogen) atoms. The number of fused-ring (bicyclic) bond motifs is 1. The van der Waals surface area contributed by atoms with Gasteiger partial charge in [-0.05, 0) is 73.7 Å². The summed E-state index contributed by atoms with van der Waals surface area (Å²) in [5, 5.41) is 0.623. The van der Waals surface area contributed by atoms with Crippen molar-refractivity contribution < 1.29 is 4.42 Å². The Hall–Kier alpha value is -3.01. The van der Waals surface area contributed by atoms with Gasteiger partial charge in [0.05, 0.1) is 16.7 Å². The topological polar surface area (TPSA) is 55.5 Å². The average Bonchev–Trinajstić information content (AvgIpc) is 2.67. The van der Waals surface area contributed by atoms with E-state index < -0.39 is 0 Å². The molecule has 0 unspecified atom stereocenters. The molecule has 0 fully saturated rings. The number of rotatable bonds is 2. The highest BCUT2D eigenvalue weighted by Gasteiger charge is 2.16. The summed E-state index contributed by atoms with van der Waals surface area (Å²) in [4.78, 5) is 21.8. The first-order valence-electron chi connectivity index (χ1n) is 8.82. The number of allylic oxidation sites excluding steroid dienone is 1. The molecule has 0 spiro atoms. The molecule has 0 bridgehead atoms. The SMILES string of the molecule is Cc1cc2occ(/C=C3\CCCN=C3c3cccnc3)c(=O)c2cc1C. The number of aromatic nitrogens is 1. The van der Waals surface area contributed by atoms with Crippen molar-refractivity contribution in [2.45, 2.75) is 26.7 Å². The molecule has 1 aliphatic heterocycles. The molecule has 130 valence electrons. The summed E-state index contributed by atoms with van der Waals surface area (Å²) in [5.41, 5.74) is 6.35. The fourth-order valence-electron chi connectivity index (χ4n) is 3.29. The van der Waals surface area contributed by atoms with Gasteiger partial charge in [0.2, 0.25) is 0 Å². The van der Waals surface area contributed by atoms with E-state index in [1.165, 1.54) is 0 Å². The Morgan fingerprint density at radius 1 is 1.19 bits per heavy atom. The van der Waals surface area contributed by atoms with Crippen LogP contribution in [0.25, 0.3) is 17.0 Å². The number of hydrogen-bond donors (Lipinski definition) is 0. The predicted octanol–water partition coefficient (Wildman–Crippen LogP) is 4.47. The van der Waals surface area contributed by atoms with Gasteiger partial charge in [-0.25, -0.2) is 0 Å². The van der Waals surface area contributed by atoms with E-state index in [0.717, 1.165) is 47.4 Å². The maximum absolute atomic E-state index is 13.0. The second-order valence-electron chi connectivity index (χ2n) is 6.70. The molecule has 3 heterocycles. The zero-order valence-corrected chi connectivity index (χ0v) is 15.0. The molecule has 0 saturated carbocycles. The molecule has 0 amide bonds. The molecule has 4 rings (SSSR count). The van der Waals surface area contributed by atoms with Crippen LogP contribution in [0.2, 0.25) is 0 Å². The summed E-state index contributed by atoms with van der Waals surface area (Å²) < 4.78 is 5.75. The number of aryl methyl sites for hydroxylation is 2. The Labute approximate surface area is 151 Å². The molecule has 4 nitrogen and oxygen atoms in total. The summed E-state index contributed by atoms with van der Waals surface area (Å²) in [7, 11) is 0. The lowest BCUT2D eigenvalue weighted by Gasteiger charge is -2.16. The lowest BCUT2D eigenvalue weighted by atomic mass is 9.95. The number of nitrogens with zero attached hydrogens (tertiary/aromatic N) is 2. The van der Waals surface area contributed by atoms with Crippen LogP contribution in [0.15, 0.2) is 62.7 Å². The highest BCUT2D eigenvalue weighted by atomic mass is 16.3. The van der Waals surface area contributed by atoms with Crippen LogP contribution in [-0.4, -0.2) is 17.2 Å². The molecular weight excluding hydrogens is 324 g/mol. The minimum Gasteiger partial charge on any atom is -0.463 e. The van der Waals surface area contributed by atoms with E-state index in [4.69, 9.17) is 4.42 Å². The Kier molecular flexibility index (Phi) is 4.25. The highest BCUT2D eigenvalue weighted by Crippen LogP contribution is 2.23. The Morgan fingerprint density at radius 2 is 2.04 bits per heavy atom. The number of aliphatic imine (C=N–C) groups is 1. The minimum absolute atomic E-state index is 0.00189. The van der Waals surface area contributed by atoms with Crippen molar-refractivity contribution in [3.05, 3.63) is 81.0 Å². The first kappa shape index (κ1) is 16.5. The van der Waals surface area contributed by atoms with Gasteiger partial charge < -0.3 is 4.42 Å². The van der Waals surface area contributed by atoms with E-state index in [2.05, 4.69) is 9.98 Å². The summed E-state index contributed by atoms with van der Waals surface area (Å²) in [6.07, 6.45) is 8.91. The van der Waals surface area contributed by atoms with Crippen LogP contribution in [0.5, 0.6) is 0 Å². The van der Waals surface area contributed by atoms with E-state index in [1.807, 2.05) is 50.4 Å². The lowest BCUT2D eigenvalue weighted by Crippen LogP contribution is -2.13. The van der Waals surface area contributed by atoms with Gasteiger partial charge in [-0.15, -0.1) is 0 Å². The van der Waals surface area contributed by atoms with Crippen LogP contribution in [0.4, 0.5) is 0 Å². The van der Waals surface area contributed by atoms with Crippen LogP contribution in [0.3, 0.4) is 0 Å². The highest BCUT2D eigenvalue weighted by molar-refractivity contribution is 6.15. The first-order chi connectivity index (χ1) is 12.6. The van der Waals surface area contributed by atoms with Crippen molar-refractivity contribution in [1.82, 2.24) is 4.98 Å². The third-order valence-corrected chi connectivity index (χ3v) is 4.86. The third kappa shape index (κ3) is 2.99.